The van der Waals surface area contributed by atoms with E-state index in [9.17, 15) is 4.79 Å². The predicted molar refractivity (Wildman–Crippen MR) is 127 cm³/mol. The van der Waals surface area contributed by atoms with Gasteiger partial charge < -0.3 is 19.7 Å². The minimum absolute atomic E-state index is 0.260. The fraction of sp³-hybridized carbons (Fsp3) is 0.333. The number of ether oxygens (including phenoxy) is 2. The number of nitrogens with zero attached hydrogens (tertiary/aromatic N) is 2. The summed E-state index contributed by atoms with van der Waals surface area (Å²) < 4.78 is 12.3. The topological polar surface area (TPSA) is 63.7 Å². The van der Waals surface area contributed by atoms with Gasteiger partial charge in [0.1, 0.15) is 17.3 Å². The maximum Gasteiger partial charge on any atom is 0.275 e. The van der Waals surface area contributed by atoms with E-state index in [0.717, 1.165) is 34.0 Å². The van der Waals surface area contributed by atoms with Crippen molar-refractivity contribution in [2.45, 2.75) is 13.8 Å². The number of thiazole rings is 1. The number of benzene rings is 1. The second-order valence-electron chi connectivity index (χ2n) is 6.33. The van der Waals surface area contributed by atoms with Crippen LogP contribution in [-0.4, -0.2) is 49.1 Å². The van der Waals surface area contributed by atoms with E-state index in [1.54, 1.807) is 42.0 Å². The molecule has 0 radical (unpaired) electrons. The van der Waals surface area contributed by atoms with Gasteiger partial charge in [0.25, 0.3) is 5.91 Å². The van der Waals surface area contributed by atoms with E-state index in [0.29, 0.717) is 29.5 Å². The third-order valence-corrected chi connectivity index (χ3v) is 7.36. The van der Waals surface area contributed by atoms with Crippen molar-refractivity contribution in [3.63, 3.8) is 0 Å². The smallest absolute Gasteiger partial charge is 0.275 e. The molecular weight excluding hydrogens is 486 g/mol. The van der Waals surface area contributed by atoms with E-state index in [4.69, 9.17) is 9.47 Å². The van der Waals surface area contributed by atoms with Gasteiger partial charge in [-0.2, -0.15) is 0 Å². The molecule has 3 rings (SSSR count). The summed E-state index contributed by atoms with van der Waals surface area (Å²) in [5.41, 5.74) is 1.01. The number of halogens is 1. The van der Waals surface area contributed by atoms with Crippen molar-refractivity contribution in [3.8, 4) is 21.4 Å². The molecule has 0 aliphatic rings. The number of aromatic nitrogens is 1. The number of nitrogens with one attached hydrogen (secondary N) is 1. The van der Waals surface area contributed by atoms with Gasteiger partial charge in [0.05, 0.1) is 12.0 Å². The third kappa shape index (κ3) is 5.60. The Morgan fingerprint density at radius 2 is 2.00 bits per heavy atom. The highest BCUT2D eigenvalue weighted by Gasteiger charge is 2.16. The molecule has 9 heteroatoms. The van der Waals surface area contributed by atoms with E-state index >= 15 is 0 Å². The van der Waals surface area contributed by atoms with Crippen molar-refractivity contribution in [1.82, 2.24) is 9.88 Å². The van der Waals surface area contributed by atoms with Crippen molar-refractivity contribution in [1.29, 1.82) is 0 Å². The SMILES string of the molecule is CCN(CC)CCOc1cc(NC(=O)c2csc(-c3sccc3Br)n2)ccc1OC. The number of anilines is 1. The fourth-order valence-electron chi connectivity index (χ4n) is 2.82. The number of carbonyl (C=O) groups excluding carboxylic acids is 1. The van der Waals surface area contributed by atoms with Gasteiger partial charge in [-0.3, -0.25) is 4.79 Å². The van der Waals surface area contributed by atoms with Gasteiger partial charge in [-0.05, 0) is 52.6 Å². The van der Waals surface area contributed by atoms with E-state index in [1.807, 2.05) is 11.4 Å². The van der Waals surface area contributed by atoms with Crippen LogP contribution < -0.4 is 14.8 Å². The maximum atomic E-state index is 12.7. The van der Waals surface area contributed by atoms with Gasteiger partial charge in [-0.15, -0.1) is 22.7 Å². The van der Waals surface area contributed by atoms with Crippen LogP contribution in [0.5, 0.6) is 11.5 Å². The highest BCUT2D eigenvalue weighted by molar-refractivity contribution is 9.10. The average molecular weight is 510 g/mol. The van der Waals surface area contributed by atoms with Crippen LogP contribution >= 0.6 is 38.6 Å². The van der Waals surface area contributed by atoms with Crippen molar-refractivity contribution in [2.75, 3.05) is 38.7 Å². The summed E-state index contributed by atoms with van der Waals surface area (Å²) in [5, 5.41) is 7.46. The molecule has 0 aliphatic heterocycles. The van der Waals surface area contributed by atoms with Crippen LogP contribution in [0.3, 0.4) is 0 Å². The van der Waals surface area contributed by atoms with Crippen LogP contribution in [0.4, 0.5) is 5.69 Å². The molecule has 160 valence electrons. The molecule has 0 atom stereocenters. The Hall–Kier alpha value is -1.94. The van der Waals surface area contributed by atoms with Crippen molar-refractivity contribution < 1.29 is 14.3 Å². The standard InChI is InChI=1S/C21H24BrN3O3S2/c1-4-25(5-2)9-10-28-18-12-14(6-7-17(18)27-3)23-20(26)16-13-30-21(24-16)19-15(22)8-11-29-19/h6-8,11-13H,4-5,9-10H2,1-3H3,(H,23,26). The predicted octanol–water partition coefficient (Wildman–Crippen LogP) is 5.62. The summed E-state index contributed by atoms with van der Waals surface area (Å²) >= 11 is 6.54. The monoisotopic (exact) mass is 509 g/mol. The second kappa shape index (κ2) is 10.9. The van der Waals surface area contributed by atoms with Gasteiger partial charge in [0.15, 0.2) is 11.5 Å². The van der Waals surface area contributed by atoms with E-state index in [2.05, 4.69) is 45.0 Å². The highest BCUT2D eigenvalue weighted by Crippen LogP contribution is 2.35. The molecule has 0 fully saturated rings. The van der Waals surface area contributed by atoms with Crippen LogP contribution in [0.2, 0.25) is 0 Å². The number of amides is 1. The first kappa shape index (κ1) is 22.7. The molecule has 30 heavy (non-hydrogen) atoms. The Balaban J connectivity index is 1.68. The molecular formula is C21H24BrN3O3S2. The van der Waals surface area contributed by atoms with E-state index in [1.165, 1.54) is 11.3 Å². The maximum absolute atomic E-state index is 12.7. The number of hydrogen-bond donors (Lipinski definition) is 1. The van der Waals surface area contributed by atoms with Crippen LogP contribution in [0.1, 0.15) is 24.3 Å². The Labute approximate surface area is 193 Å². The minimum atomic E-state index is -0.260. The average Bonchev–Trinajstić information content (AvgIpc) is 3.40. The molecule has 0 saturated carbocycles. The Bertz CT molecular complexity index is 986. The van der Waals surface area contributed by atoms with Crippen LogP contribution in [0.15, 0.2) is 39.5 Å². The molecule has 1 amide bonds. The number of methoxy groups -OCH3 is 1. The van der Waals surface area contributed by atoms with Gasteiger partial charge in [-0.1, -0.05) is 13.8 Å². The van der Waals surface area contributed by atoms with Crippen molar-refractivity contribution in [2.24, 2.45) is 0 Å². The number of likely N-dealkylation sites (N-methyl/N-ethyl adjacent to an activating group) is 1. The summed E-state index contributed by atoms with van der Waals surface area (Å²) in [6.45, 7) is 7.57. The van der Waals surface area contributed by atoms with Gasteiger partial charge in [0, 0.05) is 28.2 Å². The zero-order chi connectivity index (χ0) is 21.5. The first-order valence-electron chi connectivity index (χ1n) is 9.59. The first-order chi connectivity index (χ1) is 14.5. The summed E-state index contributed by atoms with van der Waals surface area (Å²) in [4.78, 5) is 20.5. The number of hydrogen-bond acceptors (Lipinski definition) is 7. The molecule has 2 heterocycles. The number of carbonyl (C=O) groups is 1. The van der Waals surface area contributed by atoms with Crippen molar-refractivity contribution in [3.05, 3.63) is 45.2 Å². The molecule has 0 saturated heterocycles. The Morgan fingerprint density at radius 3 is 2.67 bits per heavy atom. The lowest BCUT2D eigenvalue weighted by Gasteiger charge is -2.19. The van der Waals surface area contributed by atoms with Gasteiger partial charge in [-0.25, -0.2) is 4.98 Å². The highest BCUT2D eigenvalue weighted by atomic mass is 79.9. The third-order valence-electron chi connectivity index (χ3n) is 4.53. The molecule has 1 N–H and O–H groups in total. The summed E-state index contributed by atoms with van der Waals surface area (Å²) in [7, 11) is 1.60. The Kier molecular flexibility index (Phi) is 8.26. The zero-order valence-corrected chi connectivity index (χ0v) is 20.3. The largest absolute Gasteiger partial charge is 0.493 e. The lowest BCUT2D eigenvalue weighted by molar-refractivity contribution is 0.102. The normalized spacial score (nSPS) is 11.0. The van der Waals surface area contributed by atoms with E-state index < -0.39 is 0 Å². The molecule has 6 nitrogen and oxygen atoms in total. The summed E-state index contributed by atoms with van der Waals surface area (Å²) in [5.74, 6) is 0.972. The number of rotatable bonds is 10. The molecule has 0 aliphatic carbocycles. The lowest BCUT2D eigenvalue weighted by atomic mass is 10.2. The lowest BCUT2D eigenvalue weighted by Crippen LogP contribution is -2.28. The van der Waals surface area contributed by atoms with Crippen LogP contribution in [0.25, 0.3) is 9.88 Å². The summed E-state index contributed by atoms with van der Waals surface area (Å²) in [6.07, 6.45) is 0. The van der Waals surface area contributed by atoms with Crippen molar-refractivity contribution >= 4 is 50.2 Å². The molecule has 0 unspecified atom stereocenters. The summed E-state index contributed by atoms with van der Waals surface area (Å²) in [6, 6.07) is 7.33. The molecule has 2 aromatic heterocycles. The quantitative estimate of drug-likeness (QED) is 0.384. The number of thiophene rings is 1. The van der Waals surface area contributed by atoms with Gasteiger partial charge >= 0.3 is 0 Å². The molecule has 0 bridgehead atoms. The zero-order valence-electron chi connectivity index (χ0n) is 17.1. The van der Waals surface area contributed by atoms with Gasteiger partial charge in [0.2, 0.25) is 0 Å². The molecule has 1 aromatic carbocycles. The van der Waals surface area contributed by atoms with Crippen LogP contribution in [-0.2, 0) is 0 Å². The Morgan fingerprint density at radius 1 is 1.20 bits per heavy atom. The fourth-order valence-corrected chi connectivity index (χ4v) is 5.43. The first-order valence-corrected chi connectivity index (χ1v) is 12.1. The molecule has 0 spiro atoms. The molecule has 3 aromatic rings. The van der Waals surface area contributed by atoms with E-state index in [-0.39, 0.29) is 5.91 Å². The second-order valence-corrected chi connectivity index (χ2v) is 8.96. The minimum Gasteiger partial charge on any atom is -0.493 e. The van der Waals surface area contributed by atoms with Crippen LogP contribution in [0, 0.1) is 0 Å².